The first-order valence-electron chi connectivity index (χ1n) is 13.7. The van der Waals surface area contributed by atoms with Gasteiger partial charge in [0.1, 0.15) is 11.2 Å². The minimum atomic E-state index is 0.200. The van der Waals surface area contributed by atoms with Gasteiger partial charge in [0.15, 0.2) is 0 Å². The first-order valence-corrected chi connectivity index (χ1v) is 13.7. The normalized spacial score (nSPS) is 29.2. The van der Waals surface area contributed by atoms with Crippen LogP contribution in [-0.4, -0.2) is 0 Å². The van der Waals surface area contributed by atoms with Gasteiger partial charge in [-0.3, -0.25) is 0 Å². The van der Waals surface area contributed by atoms with Crippen molar-refractivity contribution in [2.75, 3.05) is 5.32 Å². The molecule has 1 N–H and O–H groups in total. The summed E-state index contributed by atoms with van der Waals surface area (Å²) in [6.07, 6.45) is 7.15. The molecule has 1 aromatic heterocycles. The van der Waals surface area contributed by atoms with Gasteiger partial charge >= 0.3 is 0 Å². The van der Waals surface area contributed by atoms with Gasteiger partial charge in [0.2, 0.25) is 0 Å². The van der Waals surface area contributed by atoms with Gasteiger partial charge in [-0.15, -0.1) is 0 Å². The van der Waals surface area contributed by atoms with E-state index >= 15 is 0 Å². The number of benzene rings is 4. The van der Waals surface area contributed by atoms with Crippen LogP contribution in [0.5, 0.6) is 0 Å². The van der Waals surface area contributed by atoms with Gasteiger partial charge in [-0.1, -0.05) is 60.7 Å². The van der Waals surface area contributed by atoms with Gasteiger partial charge in [0.25, 0.3) is 0 Å². The number of rotatable bonds is 2. The summed E-state index contributed by atoms with van der Waals surface area (Å²) in [4.78, 5) is 0. The number of hydrogen-bond acceptors (Lipinski definition) is 2. The van der Waals surface area contributed by atoms with Crippen LogP contribution < -0.4 is 5.32 Å². The molecule has 0 unspecified atom stereocenters. The van der Waals surface area contributed by atoms with Crippen LogP contribution in [0.25, 0.3) is 33.1 Å². The summed E-state index contributed by atoms with van der Waals surface area (Å²) >= 11 is 0. The van der Waals surface area contributed by atoms with Crippen molar-refractivity contribution in [3.8, 4) is 11.1 Å². The molecule has 2 heteroatoms. The zero-order valence-corrected chi connectivity index (χ0v) is 20.3. The summed E-state index contributed by atoms with van der Waals surface area (Å²) in [6, 6.07) is 31.2. The Morgan fingerprint density at radius 2 is 1.28 bits per heavy atom. The van der Waals surface area contributed by atoms with Crippen molar-refractivity contribution in [2.24, 2.45) is 23.7 Å². The van der Waals surface area contributed by atoms with Gasteiger partial charge in [-0.25, -0.2) is 0 Å². The summed E-state index contributed by atoms with van der Waals surface area (Å²) in [6.45, 7) is 0. The minimum absolute atomic E-state index is 0.200. The van der Waals surface area contributed by atoms with Crippen LogP contribution in [0, 0.1) is 23.7 Å². The molecule has 2 nitrogen and oxygen atoms in total. The molecule has 176 valence electrons. The fourth-order valence-corrected chi connectivity index (χ4v) is 9.33. The van der Waals surface area contributed by atoms with Crippen LogP contribution in [0.4, 0.5) is 11.4 Å². The molecule has 5 aliphatic rings. The molecule has 4 saturated carbocycles. The van der Waals surface area contributed by atoms with Gasteiger partial charge in [-0.05, 0) is 96.7 Å². The Bertz CT molecular complexity index is 1660. The highest BCUT2D eigenvalue weighted by molar-refractivity contribution is 6.12. The maximum absolute atomic E-state index is 6.19. The van der Waals surface area contributed by atoms with Gasteiger partial charge < -0.3 is 9.73 Å². The third kappa shape index (κ3) is 2.34. The molecule has 0 amide bonds. The molecular weight excluding hydrogens is 438 g/mol. The van der Waals surface area contributed by atoms with Crippen molar-refractivity contribution in [3.05, 3.63) is 96.1 Å². The highest BCUT2D eigenvalue weighted by Gasteiger charge is 2.61. The maximum atomic E-state index is 6.19. The summed E-state index contributed by atoms with van der Waals surface area (Å²) < 4.78 is 6.19. The lowest BCUT2D eigenvalue weighted by Crippen LogP contribution is -2.55. The quantitative estimate of drug-likeness (QED) is 0.280. The van der Waals surface area contributed by atoms with Crippen molar-refractivity contribution < 1.29 is 4.42 Å². The molecule has 5 aromatic rings. The highest BCUT2D eigenvalue weighted by atomic mass is 16.3. The molecule has 10 rings (SSSR count). The fraction of sp³-hybridized carbons (Fsp3) is 0.294. The molecular formula is C34H29NO. The number of para-hydroxylation sites is 1. The highest BCUT2D eigenvalue weighted by Crippen LogP contribution is 2.70. The molecule has 4 aromatic carbocycles. The number of nitrogens with one attached hydrogen (secondary N) is 1. The molecule has 0 saturated heterocycles. The fourth-order valence-electron chi connectivity index (χ4n) is 9.33. The van der Waals surface area contributed by atoms with Crippen molar-refractivity contribution in [2.45, 2.75) is 37.5 Å². The van der Waals surface area contributed by atoms with Crippen LogP contribution >= 0.6 is 0 Å². The van der Waals surface area contributed by atoms with Gasteiger partial charge in [-0.2, -0.15) is 0 Å². The lowest BCUT2D eigenvalue weighted by Gasteiger charge is -2.61. The average molecular weight is 468 g/mol. The lowest BCUT2D eigenvalue weighted by molar-refractivity contribution is -0.0399. The van der Waals surface area contributed by atoms with Crippen LogP contribution in [0.2, 0.25) is 0 Å². The van der Waals surface area contributed by atoms with E-state index in [1.807, 2.05) is 6.07 Å². The molecule has 0 aliphatic heterocycles. The molecule has 0 atom stereocenters. The first-order chi connectivity index (χ1) is 17.8. The Morgan fingerprint density at radius 1 is 0.611 bits per heavy atom. The number of furan rings is 1. The Morgan fingerprint density at radius 3 is 2.14 bits per heavy atom. The summed E-state index contributed by atoms with van der Waals surface area (Å²) in [7, 11) is 0. The van der Waals surface area contributed by atoms with Crippen molar-refractivity contribution in [1.82, 2.24) is 0 Å². The minimum Gasteiger partial charge on any atom is -0.456 e. The maximum Gasteiger partial charge on any atom is 0.137 e. The third-order valence-electron chi connectivity index (χ3n) is 10.3. The van der Waals surface area contributed by atoms with E-state index in [4.69, 9.17) is 4.42 Å². The lowest BCUT2D eigenvalue weighted by atomic mass is 9.43. The van der Waals surface area contributed by atoms with Gasteiger partial charge in [0.05, 0.1) is 11.1 Å². The van der Waals surface area contributed by atoms with Crippen LogP contribution in [-0.2, 0) is 5.41 Å². The standard InChI is InChI=1S/C34H29NO/c1-3-9-26-24(7-1)32-27(34(26)22-16-20-15-21(18-22)19-23(34)17-20)10-5-11-28(32)35-29-12-6-14-31-33(29)25-8-2-4-13-30(25)36-31/h1-14,20-23,35H,15-19H2. The molecule has 1 spiro atoms. The predicted molar refractivity (Wildman–Crippen MR) is 147 cm³/mol. The summed E-state index contributed by atoms with van der Waals surface area (Å²) in [5, 5.41) is 6.25. The largest absolute Gasteiger partial charge is 0.456 e. The van der Waals surface area contributed by atoms with Crippen LogP contribution in [0.15, 0.2) is 89.3 Å². The summed E-state index contributed by atoms with van der Waals surface area (Å²) in [5.41, 5.74) is 10.5. The monoisotopic (exact) mass is 467 g/mol. The SMILES string of the molecule is c1ccc2c(c1)-c1c(Nc3cccc4oc5ccccc5c34)cccc1C21C2CC3CC(C2)CC1C3. The van der Waals surface area contributed by atoms with Crippen LogP contribution in [0.1, 0.15) is 43.2 Å². The molecule has 0 radical (unpaired) electrons. The Hall–Kier alpha value is -3.52. The molecule has 1 heterocycles. The number of fused-ring (bicyclic) bond motifs is 6. The van der Waals surface area contributed by atoms with Gasteiger partial charge in [0, 0.05) is 22.1 Å². The second kappa shape index (κ2) is 6.82. The van der Waals surface area contributed by atoms with E-state index in [2.05, 4.69) is 84.2 Å². The van der Waals surface area contributed by atoms with E-state index in [1.165, 1.54) is 59.7 Å². The van der Waals surface area contributed by atoms with E-state index in [-0.39, 0.29) is 5.41 Å². The topological polar surface area (TPSA) is 25.2 Å². The van der Waals surface area contributed by atoms with Crippen molar-refractivity contribution >= 4 is 33.3 Å². The smallest absolute Gasteiger partial charge is 0.137 e. The summed E-state index contributed by atoms with van der Waals surface area (Å²) in [5.74, 6) is 3.49. The number of hydrogen-bond donors (Lipinski definition) is 1. The Labute approximate surface area is 211 Å². The van der Waals surface area contributed by atoms with E-state index in [0.29, 0.717) is 0 Å². The van der Waals surface area contributed by atoms with E-state index in [9.17, 15) is 0 Å². The van der Waals surface area contributed by atoms with E-state index in [1.54, 1.807) is 11.1 Å². The average Bonchev–Trinajstić information content (AvgIpc) is 3.42. The molecule has 4 bridgehead atoms. The Balaban J connectivity index is 1.27. The second-order valence-electron chi connectivity index (χ2n) is 11.8. The molecule has 36 heavy (non-hydrogen) atoms. The zero-order valence-electron chi connectivity index (χ0n) is 20.3. The first kappa shape index (κ1) is 19.6. The third-order valence-corrected chi connectivity index (χ3v) is 10.3. The van der Waals surface area contributed by atoms with Crippen LogP contribution in [0.3, 0.4) is 0 Å². The van der Waals surface area contributed by atoms with E-state index < -0.39 is 0 Å². The van der Waals surface area contributed by atoms with E-state index in [0.717, 1.165) is 40.5 Å². The zero-order chi connectivity index (χ0) is 23.4. The number of anilines is 2. The molecule has 4 fully saturated rings. The van der Waals surface area contributed by atoms with Crippen molar-refractivity contribution in [1.29, 1.82) is 0 Å². The second-order valence-corrected chi connectivity index (χ2v) is 11.8. The predicted octanol–water partition coefficient (Wildman–Crippen LogP) is 9.05. The Kier molecular flexibility index (Phi) is 3.72. The molecule has 5 aliphatic carbocycles. The van der Waals surface area contributed by atoms with Crippen molar-refractivity contribution in [3.63, 3.8) is 0 Å².